The Balaban J connectivity index is 2.26. The van der Waals surface area contributed by atoms with Crippen LogP contribution >= 0.6 is 34.5 Å². The van der Waals surface area contributed by atoms with Crippen molar-refractivity contribution in [3.63, 3.8) is 0 Å². The van der Waals surface area contributed by atoms with Gasteiger partial charge in [0.15, 0.2) is 0 Å². The lowest BCUT2D eigenvalue weighted by Crippen LogP contribution is -1.84. The van der Waals surface area contributed by atoms with Crippen molar-refractivity contribution in [3.8, 4) is 10.6 Å². The highest BCUT2D eigenvalue weighted by atomic mass is 35.5. The van der Waals surface area contributed by atoms with Crippen LogP contribution in [0.3, 0.4) is 0 Å². The third-order valence-electron chi connectivity index (χ3n) is 2.53. The number of fused-ring (bicyclic) bond motifs is 1. The molecule has 1 nitrogen and oxygen atoms in total. The maximum Gasteiger partial charge on any atom is 0.134 e. The zero-order valence-electron chi connectivity index (χ0n) is 8.95. The average Bonchev–Trinajstić information content (AvgIpc) is 2.71. The van der Waals surface area contributed by atoms with Crippen molar-refractivity contribution < 1.29 is 4.39 Å². The molecule has 3 aromatic rings. The van der Waals surface area contributed by atoms with E-state index >= 15 is 0 Å². The summed E-state index contributed by atoms with van der Waals surface area (Å²) in [5.41, 5.74) is 1.13. The molecule has 0 N–H and O–H groups in total. The molecule has 1 heterocycles. The Hall–Kier alpha value is -1.16. The fourth-order valence-corrected chi connectivity index (χ4v) is 3.32. The van der Waals surface area contributed by atoms with E-state index < -0.39 is 0 Å². The van der Waals surface area contributed by atoms with Crippen molar-refractivity contribution in [1.29, 1.82) is 0 Å². The summed E-state index contributed by atoms with van der Waals surface area (Å²) in [5, 5.41) is 1.56. The number of hydrogen-bond acceptors (Lipinski definition) is 2. The molecule has 0 radical (unpaired) electrons. The number of rotatable bonds is 1. The molecule has 0 aliphatic rings. The minimum absolute atomic E-state index is 0.344. The van der Waals surface area contributed by atoms with Crippen LogP contribution in [-0.2, 0) is 0 Å². The Kier molecular flexibility index (Phi) is 2.98. The highest BCUT2D eigenvalue weighted by Gasteiger charge is 2.14. The summed E-state index contributed by atoms with van der Waals surface area (Å²) in [5.74, 6) is -0.368. The van der Waals surface area contributed by atoms with E-state index in [4.69, 9.17) is 23.2 Å². The Bertz CT molecular complexity index is 719. The topological polar surface area (TPSA) is 12.9 Å². The van der Waals surface area contributed by atoms with Crippen LogP contribution in [0.15, 0.2) is 36.4 Å². The predicted octanol–water partition coefficient (Wildman–Crippen LogP) is 5.41. The predicted molar refractivity (Wildman–Crippen MR) is 75.0 cm³/mol. The van der Waals surface area contributed by atoms with Crippen molar-refractivity contribution in [2.75, 3.05) is 0 Å². The largest absolute Gasteiger partial charge is 0.236 e. The molecule has 0 aliphatic heterocycles. The van der Waals surface area contributed by atoms with Crippen LogP contribution in [0.2, 0.25) is 10.0 Å². The number of thiazole rings is 1. The molecule has 0 bridgehead atoms. The number of hydrogen-bond donors (Lipinski definition) is 0. The molecule has 0 spiro atoms. The Morgan fingerprint density at radius 2 is 1.94 bits per heavy atom. The third kappa shape index (κ3) is 1.99. The minimum Gasteiger partial charge on any atom is -0.236 e. The highest BCUT2D eigenvalue weighted by molar-refractivity contribution is 7.21. The van der Waals surface area contributed by atoms with Crippen molar-refractivity contribution >= 4 is 44.8 Å². The molecule has 0 saturated carbocycles. The molecule has 90 valence electrons. The molecule has 3 rings (SSSR count). The first-order valence-electron chi connectivity index (χ1n) is 5.15. The van der Waals surface area contributed by atoms with Gasteiger partial charge in [0.25, 0.3) is 0 Å². The number of aromatic nitrogens is 1. The first-order valence-corrected chi connectivity index (χ1v) is 6.73. The van der Waals surface area contributed by atoms with Crippen LogP contribution in [-0.4, -0.2) is 4.98 Å². The van der Waals surface area contributed by atoms with Crippen LogP contribution in [0.25, 0.3) is 20.8 Å². The molecule has 0 saturated heterocycles. The number of nitrogens with zero attached hydrogens (tertiary/aromatic N) is 1. The summed E-state index contributed by atoms with van der Waals surface area (Å²) in [6.07, 6.45) is 0. The molecule has 0 atom stereocenters. The number of halogens is 3. The van der Waals surface area contributed by atoms with E-state index in [-0.39, 0.29) is 5.82 Å². The summed E-state index contributed by atoms with van der Waals surface area (Å²) in [4.78, 5) is 4.38. The van der Waals surface area contributed by atoms with Gasteiger partial charge in [-0.3, -0.25) is 0 Å². The molecule has 18 heavy (non-hydrogen) atoms. The second kappa shape index (κ2) is 4.50. The van der Waals surface area contributed by atoms with Gasteiger partial charge >= 0.3 is 0 Å². The van der Waals surface area contributed by atoms with Crippen LogP contribution < -0.4 is 0 Å². The van der Waals surface area contributed by atoms with E-state index in [1.807, 2.05) is 12.1 Å². The van der Waals surface area contributed by atoms with E-state index in [0.717, 1.165) is 10.2 Å². The van der Waals surface area contributed by atoms with Crippen LogP contribution in [0.1, 0.15) is 0 Å². The van der Waals surface area contributed by atoms with Gasteiger partial charge in [-0.15, -0.1) is 11.3 Å². The van der Waals surface area contributed by atoms with E-state index in [9.17, 15) is 4.39 Å². The summed E-state index contributed by atoms with van der Waals surface area (Å²) < 4.78 is 14.7. The maximum atomic E-state index is 13.8. The summed E-state index contributed by atoms with van der Waals surface area (Å²) in [7, 11) is 0. The Morgan fingerprint density at radius 1 is 1.11 bits per heavy atom. The Labute approximate surface area is 117 Å². The lowest BCUT2D eigenvalue weighted by molar-refractivity contribution is 0.631. The van der Waals surface area contributed by atoms with Gasteiger partial charge in [-0.1, -0.05) is 29.3 Å². The zero-order chi connectivity index (χ0) is 12.7. The lowest BCUT2D eigenvalue weighted by Gasteiger charge is -2.00. The molecule has 2 aromatic carbocycles. The monoisotopic (exact) mass is 297 g/mol. The maximum absolute atomic E-state index is 13.8. The fourth-order valence-electron chi connectivity index (χ4n) is 1.71. The molecule has 5 heteroatoms. The van der Waals surface area contributed by atoms with E-state index in [1.54, 1.807) is 18.2 Å². The second-order valence-electron chi connectivity index (χ2n) is 3.73. The van der Waals surface area contributed by atoms with Crippen LogP contribution in [0, 0.1) is 5.82 Å². The normalized spacial score (nSPS) is 11.1. The fraction of sp³-hybridized carbons (Fsp3) is 0. The molecule has 0 amide bonds. The van der Waals surface area contributed by atoms with Crippen LogP contribution in [0.5, 0.6) is 0 Å². The quantitative estimate of drug-likeness (QED) is 0.585. The standard InChI is InChI=1S/C13H6Cl2FNS/c14-7-4-5-10-11(6-7)18-13(17-10)12-8(15)2-1-3-9(12)16/h1-6H. The lowest BCUT2D eigenvalue weighted by atomic mass is 10.2. The second-order valence-corrected chi connectivity index (χ2v) is 5.60. The molecule has 0 unspecified atom stereocenters. The van der Waals surface area contributed by atoms with Gasteiger partial charge < -0.3 is 0 Å². The van der Waals surface area contributed by atoms with E-state index in [0.29, 0.717) is 20.6 Å². The van der Waals surface area contributed by atoms with Crippen molar-refractivity contribution in [3.05, 3.63) is 52.3 Å². The molecular weight excluding hydrogens is 292 g/mol. The summed E-state index contributed by atoms with van der Waals surface area (Å²) >= 11 is 13.3. The molecule has 1 aromatic heterocycles. The highest BCUT2D eigenvalue weighted by Crippen LogP contribution is 2.36. The van der Waals surface area contributed by atoms with Crippen molar-refractivity contribution in [2.24, 2.45) is 0 Å². The minimum atomic E-state index is -0.368. The average molecular weight is 298 g/mol. The first kappa shape index (κ1) is 11.9. The van der Waals surface area contributed by atoms with Crippen molar-refractivity contribution in [1.82, 2.24) is 4.98 Å². The van der Waals surface area contributed by atoms with Crippen molar-refractivity contribution in [2.45, 2.75) is 0 Å². The summed E-state index contributed by atoms with van der Waals surface area (Å²) in [6, 6.07) is 9.99. The van der Waals surface area contributed by atoms with Gasteiger partial charge in [0.1, 0.15) is 10.8 Å². The molecular formula is C13H6Cl2FNS. The van der Waals surface area contributed by atoms with E-state index in [2.05, 4.69) is 4.98 Å². The first-order chi connectivity index (χ1) is 8.65. The van der Waals surface area contributed by atoms with Gasteiger partial charge in [0.05, 0.1) is 20.8 Å². The van der Waals surface area contributed by atoms with E-state index in [1.165, 1.54) is 17.4 Å². The SMILES string of the molecule is Fc1cccc(Cl)c1-c1nc2ccc(Cl)cc2s1. The van der Waals surface area contributed by atoms with Crippen LogP contribution in [0.4, 0.5) is 4.39 Å². The van der Waals surface area contributed by atoms with Gasteiger partial charge in [-0.05, 0) is 30.3 Å². The van der Waals surface area contributed by atoms with Gasteiger partial charge in [0, 0.05) is 5.02 Å². The Morgan fingerprint density at radius 3 is 2.72 bits per heavy atom. The zero-order valence-corrected chi connectivity index (χ0v) is 11.3. The molecule has 0 aliphatic carbocycles. The smallest absolute Gasteiger partial charge is 0.134 e. The molecule has 0 fully saturated rings. The summed E-state index contributed by atoms with van der Waals surface area (Å²) in [6.45, 7) is 0. The van der Waals surface area contributed by atoms with Gasteiger partial charge in [-0.25, -0.2) is 9.37 Å². The third-order valence-corrected chi connectivity index (χ3v) is 4.11. The van der Waals surface area contributed by atoms with Gasteiger partial charge in [0.2, 0.25) is 0 Å². The number of benzene rings is 2. The van der Waals surface area contributed by atoms with Gasteiger partial charge in [-0.2, -0.15) is 0 Å².